The highest BCUT2D eigenvalue weighted by molar-refractivity contribution is 6.29. The topological polar surface area (TPSA) is 23.0 Å². The Morgan fingerprint density at radius 2 is 0.982 bits per heavy atom. The number of benzene rings is 9. The fourth-order valence-electron chi connectivity index (χ4n) is 9.74. The molecule has 55 heavy (non-hydrogen) atoms. The molecule has 3 heterocycles. The molecule has 0 saturated heterocycles. The lowest BCUT2D eigenvalue weighted by Crippen LogP contribution is -1.99. The molecule has 0 N–H and O–H groups in total. The minimum absolute atomic E-state index is 0.890. The van der Waals surface area contributed by atoms with E-state index in [9.17, 15) is 0 Å². The van der Waals surface area contributed by atoms with Gasteiger partial charge in [-0.1, -0.05) is 133 Å². The molecule has 0 unspecified atom stereocenters. The van der Waals surface area contributed by atoms with Crippen molar-refractivity contribution in [2.24, 2.45) is 0 Å². The second-order valence-electron chi connectivity index (χ2n) is 14.8. The Bertz CT molecular complexity index is 3590. The number of fused-ring (bicyclic) bond motifs is 14. The van der Waals surface area contributed by atoms with Crippen LogP contribution in [0.2, 0.25) is 0 Å². The van der Waals surface area contributed by atoms with E-state index in [1.165, 1.54) is 82.2 Å². The summed E-state index contributed by atoms with van der Waals surface area (Å²) in [6, 6.07) is 66.5. The van der Waals surface area contributed by atoms with Gasteiger partial charge in [-0.15, -0.1) is 0 Å². The summed E-state index contributed by atoms with van der Waals surface area (Å²) in [6.07, 6.45) is 0. The number of para-hydroxylation sites is 2. The van der Waals surface area contributed by atoms with Gasteiger partial charge in [0.05, 0.1) is 27.5 Å². The Morgan fingerprint density at radius 1 is 0.327 bits per heavy atom. The predicted octanol–water partition coefficient (Wildman–Crippen LogP) is 14.2. The number of furan rings is 1. The van der Waals surface area contributed by atoms with Gasteiger partial charge < -0.3 is 13.6 Å². The summed E-state index contributed by atoms with van der Waals surface area (Å²) in [6.45, 7) is 0. The van der Waals surface area contributed by atoms with Gasteiger partial charge in [-0.05, 0) is 92.7 Å². The summed E-state index contributed by atoms with van der Waals surface area (Å²) < 4.78 is 11.6. The first-order chi connectivity index (χ1) is 27.3. The van der Waals surface area contributed by atoms with E-state index in [1.807, 2.05) is 0 Å². The Labute approximate surface area is 315 Å². The normalized spacial score (nSPS) is 12.4. The van der Waals surface area contributed by atoms with E-state index >= 15 is 0 Å². The van der Waals surface area contributed by atoms with E-state index in [0.29, 0.717) is 0 Å². The maximum atomic E-state index is 6.54. The van der Waals surface area contributed by atoms with Crippen molar-refractivity contribution in [3.8, 4) is 44.8 Å². The summed E-state index contributed by atoms with van der Waals surface area (Å²) in [5.41, 5.74) is 16.3. The first-order valence-electron chi connectivity index (χ1n) is 18.9. The zero-order valence-corrected chi connectivity index (χ0v) is 29.6. The Balaban J connectivity index is 1.21. The minimum atomic E-state index is 0.890. The Hall–Kier alpha value is -7.36. The van der Waals surface area contributed by atoms with Crippen molar-refractivity contribution in [1.82, 2.24) is 9.13 Å². The molecule has 3 heteroatoms. The van der Waals surface area contributed by atoms with Gasteiger partial charge in [-0.2, -0.15) is 0 Å². The van der Waals surface area contributed by atoms with Crippen LogP contribution >= 0.6 is 0 Å². The van der Waals surface area contributed by atoms with Crippen molar-refractivity contribution in [3.05, 3.63) is 182 Å². The summed E-state index contributed by atoms with van der Waals surface area (Å²) in [5.74, 6) is 0. The third-order valence-electron chi connectivity index (χ3n) is 12.0. The molecule has 13 rings (SSSR count). The molecular formula is C52H30N2O. The van der Waals surface area contributed by atoms with Crippen LogP contribution in [0.3, 0.4) is 0 Å². The number of aromatic nitrogens is 2. The van der Waals surface area contributed by atoms with Crippen LogP contribution in [0.15, 0.2) is 186 Å². The van der Waals surface area contributed by atoms with E-state index in [0.717, 1.165) is 38.8 Å². The number of rotatable bonds is 3. The highest BCUT2D eigenvalue weighted by Gasteiger charge is 2.26. The highest BCUT2D eigenvalue weighted by atomic mass is 16.3. The fraction of sp³-hybridized carbons (Fsp3) is 0. The van der Waals surface area contributed by atoms with Gasteiger partial charge in [0.15, 0.2) is 0 Å². The molecule has 0 spiro atoms. The van der Waals surface area contributed by atoms with Crippen molar-refractivity contribution in [2.75, 3.05) is 0 Å². The predicted molar refractivity (Wildman–Crippen MR) is 230 cm³/mol. The highest BCUT2D eigenvalue weighted by Crippen LogP contribution is 2.49. The summed E-state index contributed by atoms with van der Waals surface area (Å²) in [4.78, 5) is 0. The second kappa shape index (κ2) is 10.6. The Morgan fingerprint density at radius 3 is 1.85 bits per heavy atom. The van der Waals surface area contributed by atoms with Crippen molar-refractivity contribution in [3.63, 3.8) is 0 Å². The quantitative estimate of drug-likeness (QED) is 0.180. The van der Waals surface area contributed by atoms with Gasteiger partial charge in [-0.25, -0.2) is 0 Å². The summed E-state index contributed by atoms with van der Waals surface area (Å²) in [7, 11) is 0. The van der Waals surface area contributed by atoms with E-state index in [1.54, 1.807) is 0 Å². The molecule has 1 aliphatic rings. The molecule has 3 aromatic heterocycles. The standard InChI is InChI=1S/C52H30N2O/c1-2-11-31(12-3-1)33-15-8-16-34(29-33)54-50-41(27-28-47-49(50)43-18-5-7-22-46(43)55-47)42-26-25-40-37-17-4-6-21-45(37)53(51(40)52(42)54)35-23-24-36-38-19-9-13-32-14-10-20-39(48(32)38)44(36)30-35/h1-30H. The van der Waals surface area contributed by atoms with Gasteiger partial charge in [-0.3, -0.25) is 0 Å². The van der Waals surface area contributed by atoms with Crippen LogP contribution < -0.4 is 0 Å². The van der Waals surface area contributed by atoms with Crippen LogP contribution in [-0.4, -0.2) is 9.13 Å². The fourth-order valence-corrected chi connectivity index (χ4v) is 9.74. The molecule has 12 aromatic rings. The summed E-state index contributed by atoms with van der Waals surface area (Å²) in [5, 5.41) is 9.76. The average Bonchev–Trinajstić information content (AvgIpc) is 3.98. The average molecular weight is 699 g/mol. The largest absolute Gasteiger partial charge is 0.456 e. The lowest BCUT2D eigenvalue weighted by molar-refractivity contribution is 0.669. The van der Waals surface area contributed by atoms with Crippen LogP contribution in [0, 0.1) is 0 Å². The third kappa shape index (κ3) is 3.84. The van der Waals surface area contributed by atoms with Crippen molar-refractivity contribution in [1.29, 1.82) is 0 Å². The Kier molecular flexibility index (Phi) is 5.63. The zero-order valence-electron chi connectivity index (χ0n) is 29.6. The van der Waals surface area contributed by atoms with Crippen LogP contribution in [0.25, 0.3) is 121 Å². The molecule has 0 atom stereocenters. The molecule has 0 aliphatic heterocycles. The van der Waals surface area contributed by atoms with Gasteiger partial charge in [0.1, 0.15) is 11.2 Å². The van der Waals surface area contributed by atoms with Crippen LogP contribution in [0.4, 0.5) is 0 Å². The van der Waals surface area contributed by atoms with Gasteiger partial charge in [0.2, 0.25) is 0 Å². The maximum absolute atomic E-state index is 6.54. The smallest absolute Gasteiger partial charge is 0.137 e. The molecule has 0 saturated carbocycles. The molecule has 0 amide bonds. The SMILES string of the molecule is c1ccc(-c2cccc(-n3c4c(ccc5oc6ccccc6c54)c4ccc5c6ccccc6n(-c6ccc7c(c6)-c6cccc8cccc-7c68)c5c43)c2)cc1. The maximum Gasteiger partial charge on any atom is 0.137 e. The molecule has 254 valence electrons. The van der Waals surface area contributed by atoms with Crippen molar-refractivity contribution in [2.45, 2.75) is 0 Å². The molecule has 3 nitrogen and oxygen atoms in total. The number of hydrogen-bond acceptors (Lipinski definition) is 1. The van der Waals surface area contributed by atoms with Crippen LogP contribution in [0.1, 0.15) is 0 Å². The monoisotopic (exact) mass is 698 g/mol. The van der Waals surface area contributed by atoms with E-state index in [4.69, 9.17) is 4.42 Å². The lowest BCUT2D eigenvalue weighted by atomic mass is 10.0. The molecule has 0 fully saturated rings. The number of nitrogens with zero attached hydrogens (tertiary/aromatic N) is 2. The molecule has 9 aromatic carbocycles. The van der Waals surface area contributed by atoms with E-state index in [2.05, 4.69) is 191 Å². The second-order valence-corrected chi connectivity index (χ2v) is 14.8. The van der Waals surface area contributed by atoms with Crippen LogP contribution in [0.5, 0.6) is 0 Å². The van der Waals surface area contributed by atoms with E-state index < -0.39 is 0 Å². The van der Waals surface area contributed by atoms with E-state index in [-0.39, 0.29) is 0 Å². The third-order valence-corrected chi connectivity index (χ3v) is 12.0. The molecule has 1 aliphatic carbocycles. The molecular weight excluding hydrogens is 669 g/mol. The first-order valence-corrected chi connectivity index (χ1v) is 18.9. The van der Waals surface area contributed by atoms with Gasteiger partial charge in [0, 0.05) is 38.3 Å². The van der Waals surface area contributed by atoms with Gasteiger partial charge in [0.25, 0.3) is 0 Å². The lowest BCUT2D eigenvalue weighted by Gasteiger charge is -2.15. The van der Waals surface area contributed by atoms with Crippen molar-refractivity contribution >= 4 is 76.3 Å². The summed E-state index contributed by atoms with van der Waals surface area (Å²) >= 11 is 0. The minimum Gasteiger partial charge on any atom is -0.456 e. The first kappa shape index (κ1) is 29.1. The van der Waals surface area contributed by atoms with Gasteiger partial charge >= 0.3 is 0 Å². The zero-order chi connectivity index (χ0) is 35.8. The molecule has 0 radical (unpaired) electrons. The number of hydrogen-bond donors (Lipinski definition) is 0. The van der Waals surface area contributed by atoms with Crippen molar-refractivity contribution < 1.29 is 4.42 Å². The molecule has 0 bridgehead atoms. The van der Waals surface area contributed by atoms with Crippen LogP contribution in [-0.2, 0) is 0 Å².